The molecule has 5 aromatic rings. The minimum Gasteiger partial charge on any atom is -0.492 e. The fraction of sp³-hybridized carbons (Fsp3) is 0.308. The van der Waals surface area contributed by atoms with E-state index < -0.39 is 17.3 Å². The van der Waals surface area contributed by atoms with Gasteiger partial charge in [0.2, 0.25) is 0 Å². The molecule has 0 saturated carbocycles. The second-order valence-electron chi connectivity index (χ2n) is 9.69. The topological polar surface area (TPSA) is 126 Å². The molecule has 6 heterocycles. The van der Waals surface area contributed by atoms with E-state index in [1.54, 1.807) is 23.1 Å². The standard InChI is InChI=1S/C26H25ClFN9O2/c1-3-39-16-9-17(23-18-11-32-34-24(18)35-37(23)14-16)20-12-30-21(13-29-20)36-6-4-26(2,5-7-36)33-25(38)22-19(27)8-15(28)10-31-22/h8-14H,3-7H2,1-2H3,(H,33,38)(H,34,35). The number of pyridine rings is 2. The first-order valence-corrected chi connectivity index (χ1v) is 12.9. The van der Waals surface area contributed by atoms with Gasteiger partial charge in [-0.3, -0.25) is 14.9 Å². The molecule has 1 aliphatic rings. The van der Waals surface area contributed by atoms with Gasteiger partial charge < -0.3 is 15.0 Å². The monoisotopic (exact) mass is 549 g/mol. The van der Waals surface area contributed by atoms with Crippen LogP contribution in [0.4, 0.5) is 10.2 Å². The van der Waals surface area contributed by atoms with Crippen molar-refractivity contribution in [3.8, 4) is 17.0 Å². The van der Waals surface area contributed by atoms with Crippen LogP contribution in [0.15, 0.2) is 43.1 Å². The maximum absolute atomic E-state index is 13.3. The Hall–Kier alpha value is -4.32. The van der Waals surface area contributed by atoms with Gasteiger partial charge in [0.15, 0.2) is 5.65 Å². The molecular formula is C26H25ClFN9O2. The lowest BCUT2D eigenvalue weighted by molar-refractivity contribution is 0.0886. The first-order chi connectivity index (χ1) is 18.8. The molecule has 0 radical (unpaired) electrons. The van der Waals surface area contributed by atoms with Crippen LogP contribution in [-0.2, 0) is 0 Å². The number of H-pyrrole nitrogens is 1. The quantitative estimate of drug-likeness (QED) is 0.325. The zero-order valence-corrected chi connectivity index (χ0v) is 22.0. The lowest BCUT2D eigenvalue weighted by Crippen LogP contribution is -2.53. The molecule has 0 bridgehead atoms. The van der Waals surface area contributed by atoms with Gasteiger partial charge in [-0.25, -0.2) is 18.9 Å². The van der Waals surface area contributed by atoms with Crippen LogP contribution in [0.1, 0.15) is 37.2 Å². The lowest BCUT2D eigenvalue weighted by Gasteiger charge is -2.40. The number of carbonyl (C=O) groups is 1. The summed E-state index contributed by atoms with van der Waals surface area (Å²) in [5, 5.41) is 15.5. The van der Waals surface area contributed by atoms with Gasteiger partial charge in [0, 0.05) is 24.2 Å². The van der Waals surface area contributed by atoms with E-state index in [-0.39, 0.29) is 10.7 Å². The summed E-state index contributed by atoms with van der Waals surface area (Å²) in [5.41, 5.74) is 2.61. The van der Waals surface area contributed by atoms with Crippen LogP contribution in [0.25, 0.3) is 27.8 Å². The number of hydrogen-bond donors (Lipinski definition) is 2. The van der Waals surface area contributed by atoms with Crippen LogP contribution in [0.2, 0.25) is 5.02 Å². The van der Waals surface area contributed by atoms with E-state index in [9.17, 15) is 9.18 Å². The molecule has 2 N–H and O–H groups in total. The van der Waals surface area contributed by atoms with E-state index in [1.165, 1.54) is 0 Å². The van der Waals surface area contributed by atoms with Crippen LogP contribution in [0.5, 0.6) is 5.75 Å². The summed E-state index contributed by atoms with van der Waals surface area (Å²) >= 11 is 6.02. The summed E-state index contributed by atoms with van der Waals surface area (Å²) in [6.07, 6.45) is 9.41. The van der Waals surface area contributed by atoms with E-state index in [0.717, 1.165) is 34.5 Å². The molecule has 0 aliphatic carbocycles. The second kappa shape index (κ2) is 9.77. The molecule has 0 atom stereocenters. The van der Waals surface area contributed by atoms with E-state index >= 15 is 0 Å². The van der Waals surface area contributed by atoms with Gasteiger partial charge in [0.05, 0.1) is 59.2 Å². The number of aromatic nitrogens is 7. The summed E-state index contributed by atoms with van der Waals surface area (Å²) in [4.78, 5) is 28.2. The Morgan fingerprint density at radius 2 is 2.00 bits per heavy atom. The summed E-state index contributed by atoms with van der Waals surface area (Å²) in [6.45, 7) is 5.76. The van der Waals surface area contributed by atoms with Crippen LogP contribution < -0.4 is 15.0 Å². The first-order valence-electron chi connectivity index (χ1n) is 12.5. The number of anilines is 1. The first kappa shape index (κ1) is 25.0. The number of piperidine rings is 1. The molecule has 0 spiro atoms. The minimum atomic E-state index is -0.588. The Kier molecular flexibility index (Phi) is 6.26. The van der Waals surface area contributed by atoms with Gasteiger partial charge >= 0.3 is 0 Å². The average molecular weight is 550 g/mol. The van der Waals surface area contributed by atoms with Gasteiger partial charge in [0.25, 0.3) is 5.91 Å². The smallest absolute Gasteiger partial charge is 0.271 e. The van der Waals surface area contributed by atoms with Crippen LogP contribution >= 0.6 is 11.6 Å². The predicted molar refractivity (Wildman–Crippen MR) is 144 cm³/mol. The number of halogens is 2. The molecule has 5 aromatic heterocycles. The van der Waals surface area contributed by atoms with Crippen molar-refractivity contribution < 1.29 is 13.9 Å². The van der Waals surface area contributed by atoms with Crippen LogP contribution in [0, 0.1) is 5.82 Å². The number of amides is 1. The largest absolute Gasteiger partial charge is 0.492 e. The van der Waals surface area contributed by atoms with Gasteiger partial charge in [0.1, 0.15) is 23.1 Å². The summed E-state index contributed by atoms with van der Waals surface area (Å²) in [6, 6.07) is 3.02. The number of hydrogen-bond acceptors (Lipinski definition) is 8. The van der Waals surface area contributed by atoms with Crippen LogP contribution in [0.3, 0.4) is 0 Å². The van der Waals surface area contributed by atoms with Crippen molar-refractivity contribution in [1.82, 2.24) is 40.1 Å². The number of nitrogens with one attached hydrogen (secondary N) is 2. The summed E-state index contributed by atoms with van der Waals surface area (Å²) in [5.74, 6) is 0.412. The highest BCUT2D eigenvalue weighted by Gasteiger charge is 2.33. The lowest BCUT2D eigenvalue weighted by atomic mass is 9.89. The Labute approximate surface area is 227 Å². The van der Waals surface area contributed by atoms with Crippen molar-refractivity contribution in [3.05, 3.63) is 59.7 Å². The molecular weight excluding hydrogens is 525 g/mol. The molecule has 0 aromatic carbocycles. The zero-order chi connectivity index (χ0) is 27.1. The number of ether oxygens (including phenoxy) is 1. The van der Waals surface area contributed by atoms with Crippen LogP contribution in [-0.4, -0.2) is 65.9 Å². The molecule has 0 unspecified atom stereocenters. The Morgan fingerprint density at radius 1 is 1.18 bits per heavy atom. The highest BCUT2D eigenvalue weighted by Crippen LogP contribution is 2.33. The van der Waals surface area contributed by atoms with E-state index in [0.29, 0.717) is 49.6 Å². The molecule has 13 heteroatoms. The Balaban J connectivity index is 1.19. The molecule has 1 amide bonds. The molecule has 1 fully saturated rings. The Bertz CT molecular complexity index is 1680. The molecule has 1 saturated heterocycles. The summed E-state index contributed by atoms with van der Waals surface area (Å²) in [7, 11) is 0. The maximum atomic E-state index is 13.3. The van der Waals surface area contributed by atoms with E-state index in [2.05, 4.69) is 30.5 Å². The van der Waals surface area contributed by atoms with Crippen molar-refractivity contribution in [2.75, 3.05) is 24.6 Å². The number of rotatable bonds is 6. The van der Waals surface area contributed by atoms with Crippen molar-refractivity contribution in [2.24, 2.45) is 0 Å². The van der Waals surface area contributed by atoms with Crippen molar-refractivity contribution >= 4 is 39.9 Å². The third-order valence-electron chi connectivity index (χ3n) is 6.96. The zero-order valence-electron chi connectivity index (χ0n) is 21.3. The van der Waals surface area contributed by atoms with Gasteiger partial charge in [-0.1, -0.05) is 11.6 Å². The fourth-order valence-electron chi connectivity index (χ4n) is 4.87. The normalized spacial score (nSPS) is 15.1. The number of fused-ring (bicyclic) bond motifs is 3. The van der Waals surface area contributed by atoms with Crippen molar-refractivity contribution in [1.29, 1.82) is 0 Å². The molecule has 6 rings (SSSR count). The maximum Gasteiger partial charge on any atom is 0.271 e. The minimum absolute atomic E-state index is 0.0107. The van der Waals surface area contributed by atoms with E-state index in [4.69, 9.17) is 26.3 Å². The van der Waals surface area contributed by atoms with Gasteiger partial charge in [-0.05, 0) is 38.8 Å². The van der Waals surface area contributed by atoms with Crippen molar-refractivity contribution in [2.45, 2.75) is 32.2 Å². The highest BCUT2D eigenvalue weighted by molar-refractivity contribution is 6.33. The van der Waals surface area contributed by atoms with Gasteiger partial charge in [-0.2, -0.15) is 5.10 Å². The molecule has 11 nitrogen and oxygen atoms in total. The number of nitrogens with zero attached hydrogens (tertiary/aromatic N) is 7. The molecule has 200 valence electrons. The Morgan fingerprint density at radius 3 is 2.72 bits per heavy atom. The number of aromatic amines is 1. The highest BCUT2D eigenvalue weighted by atomic mass is 35.5. The fourth-order valence-corrected chi connectivity index (χ4v) is 5.11. The van der Waals surface area contributed by atoms with Gasteiger partial charge in [-0.15, -0.1) is 5.10 Å². The SMILES string of the molecule is CCOc1cc(-c2cnc(N3CCC(C)(NC(=O)c4ncc(F)cc4Cl)CC3)cn2)c2c3cn[nH]c3nn2c1. The third kappa shape index (κ3) is 4.71. The molecule has 1 aliphatic heterocycles. The average Bonchev–Trinajstić information content (AvgIpc) is 3.50. The summed E-state index contributed by atoms with van der Waals surface area (Å²) < 4.78 is 20.8. The van der Waals surface area contributed by atoms with Crippen molar-refractivity contribution in [3.63, 3.8) is 0 Å². The second-order valence-corrected chi connectivity index (χ2v) is 10.1. The van der Waals surface area contributed by atoms with E-state index in [1.807, 2.05) is 26.1 Å². The number of carbonyl (C=O) groups excluding carboxylic acids is 1. The molecule has 39 heavy (non-hydrogen) atoms. The predicted octanol–water partition coefficient (Wildman–Crippen LogP) is 4.04. The third-order valence-corrected chi connectivity index (χ3v) is 7.24.